The SMILES string of the molecule is NC1C(=O)N(c2ccc3c(c2)OCCO3)C1c1ccc(Cl)cc1Cl. The van der Waals surface area contributed by atoms with E-state index in [1.807, 2.05) is 6.07 Å². The molecule has 124 valence electrons. The molecule has 1 saturated heterocycles. The van der Waals surface area contributed by atoms with Gasteiger partial charge in [-0.25, -0.2) is 0 Å². The number of hydrogen-bond acceptors (Lipinski definition) is 4. The summed E-state index contributed by atoms with van der Waals surface area (Å²) in [5.74, 6) is 1.12. The van der Waals surface area contributed by atoms with Crippen LogP contribution >= 0.6 is 23.2 Å². The van der Waals surface area contributed by atoms with Crippen LogP contribution in [0.25, 0.3) is 0 Å². The van der Waals surface area contributed by atoms with Crippen molar-refractivity contribution >= 4 is 34.8 Å². The molecule has 2 aliphatic rings. The molecule has 2 unspecified atom stereocenters. The number of anilines is 1. The number of carbonyl (C=O) groups excluding carboxylic acids is 1. The molecule has 2 aromatic carbocycles. The summed E-state index contributed by atoms with van der Waals surface area (Å²) in [5.41, 5.74) is 7.49. The number of nitrogens with zero attached hydrogens (tertiary/aromatic N) is 1. The van der Waals surface area contributed by atoms with E-state index in [0.29, 0.717) is 40.4 Å². The average molecular weight is 365 g/mol. The molecule has 2 aromatic rings. The lowest BCUT2D eigenvalue weighted by Gasteiger charge is -2.46. The molecule has 1 fully saturated rings. The van der Waals surface area contributed by atoms with Gasteiger partial charge in [0.1, 0.15) is 19.3 Å². The maximum absolute atomic E-state index is 12.4. The number of nitrogens with two attached hydrogens (primary N) is 1. The lowest BCUT2D eigenvalue weighted by atomic mass is 9.88. The van der Waals surface area contributed by atoms with Crippen molar-refractivity contribution in [2.75, 3.05) is 18.1 Å². The van der Waals surface area contributed by atoms with Gasteiger partial charge in [-0.05, 0) is 29.8 Å². The molecule has 0 bridgehead atoms. The van der Waals surface area contributed by atoms with Gasteiger partial charge in [-0.2, -0.15) is 0 Å². The Morgan fingerprint density at radius 2 is 1.79 bits per heavy atom. The number of fused-ring (bicyclic) bond motifs is 1. The molecule has 0 aromatic heterocycles. The summed E-state index contributed by atoms with van der Waals surface area (Å²) in [7, 11) is 0. The van der Waals surface area contributed by atoms with Gasteiger partial charge in [0.15, 0.2) is 11.5 Å². The Morgan fingerprint density at radius 3 is 2.54 bits per heavy atom. The summed E-state index contributed by atoms with van der Waals surface area (Å²) < 4.78 is 11.1. The zero-order valence-corrected chi connectivity index (χ0v) is 14.1. The van der Waals surface area contributed by atoms with Gasteiger partial charge >= 0.3 is 0 Å². The van der Waals surface area contributed by atoms with Gasteiger partial charge in [-0.3, -0.25) is 4.79 Å². The van der Waals surface area contributed by atoms with Crippen LogP contribution in [-0.2, 0) is 4.79 Å². The standard InChI is InChI=1S/C17H14Cl2N2O3/c18-9-1-3-11(12(19)7-9)16-15(20)17(22)21(16)10-2-4-13-14(8-10)24-6-5-23-13/h1-4,7-8,15-16H,5-6,20H2. The largest absolute Gasteiger partial charge is 0.486 e. The second-order valence-electron chi connectivity index (χ2n) is 5.67. The second kappa shape index (κ2) is 5.84. The highest BCUT2D eigenvalue weighted by Crippen LogP contribution is 2.44. The minimum atomic E-state index is -0.642. The average Bonchev–Trinajstić information content (AvgIpc) is 2.59. The third-order valence-corrected chi connectivity index (χ3v) is 4.79. The minimum Gasteiger partial charge on any atom is -0.486 e. The molecule has 24 heavy (non-hydrogen) atoms. The molecule has 0 spiro atoms. The first kappa shape index (κ1) is 15.6. The number of β-lactam (4-membered cyclic amide) rings is 1. The van der Waals surface area contributed by atoms with E-state index in [2.05, 4.69) is 0 Å². The Kier molecular flexibility index (Phi) is 3.79. The van der Waals surface area contributed by atoms with Gasteiger partial charge in [-0.1, -0.05) is 29.3 Å². The molecule has 1 amide bonds. The van der Waals surface area contributed by atoms with Crippen LogP contribution in [0.4, 0.5) is 5.69 Å². The van der Waals surface area contributed by atoms with Crippen molar-refractivity contribution in [1.29, 1.82) is 0 Å². The Morgan fingerprint density at radius 1 is 1.04 bits per heavy atom. The summed E-state index contributed by atoms with van der Waals surface area (Å²) in [4.78, 5) is 14.0. The van der Waals surface area contributed by atoms with Crippen molar-refractivity contribution in [2.45, 2.75) is 12.1 Å². The van der Waals surface area contributed by atoms with E-state index in [1.165, 1.54) is 0 Å². The van der Waals surface area contributed by atoms with E-state index < -0.39 is 6.04 Å². The fourth-order valence-corrected chi connectivity index (χ4v) is 3.58. The zero-order chi connectivity index (χ0) is 16.8. The predicted octanol–water partition coefficient (Wildman–Crippen LogP) is 3.18. The van der Waals surface area contributed by atoms with Gasteiger partial charge < -0.3 is 20.1 Å². The highest BCUT2D eigenvalue weighted by atomic mass is 35.5. The summed E-state index contributed by atoms with van der Waals surface area (Å²) in [6.07, 6.45) is 0. The predicted molar refractivity (Wildman–Crippen MR) is 92.1 cm³/mol. The van der Waals surface area contributed by atoms with Crippen molar-refractivity contribution in [1.82, 2.24) is 0 Å². The molecule has 0 saturated carbocycles. The highest BCUT2D eigenvalue weighted by Gasteiger charge is 2.47. The first-order valence-electron chi connectivity index (χ1n) is 7.49. The van der Waals surface area contributed by atoms with Crippen LogP contribution < -0.4 is 20.1 Å². The van der Waals surface area contributed by atoms with Crippen molar-refractivity contribution in [2.24, 2.45) is 5.73 Å². The Labute approximate surface area is 148 Å². The van der Waals surface area contributed by atoms with Crippen molar-refractivity contribution in [3.8, 4) is 11.5 Å². The number of rotatable bonds is 2. The second-order valence-corrected chi connectivity index (χ2v) is 6.52. The molecule has 2 aliphatic heterocycles. The lowest BCUT2D eigenvalue weighted by Crippen LogP contribution is -2.63. The number of amides is 1. The number of benzene rings is 2. The van der Waals surface area contributed by atoms with Crippen LogP contribution in [0, 0.1) is 0 Å². The summed E-state index contributed by atoms with van der Waals surface area (Å²) in [6, 6.07) is 9.59. The van der Waals surface area contributed by atoms with E-state index in [9.17, 15) is 4.79 Å². The summed E-state index contributed by atoms with van der Waals surface area (Å²) in [6.45, 7) is 0.999. The first-order chi connectivity index (χ1) is 11.6. The van der Waals surface area contributed by atoms with Crippen LogP contribution in [0.3, 0.4) is 0 Å². The molecular formula is C17H14Cl2N2O3. The summed E-state index contributed by atoms with van der Waals surface area (Å²) in [5, 5.41) is 1.02. The van der Waals surface area contributed by atoms with Crippen molar-refractivity contribution in [3.63, 3.8) is 0 Å². The van der Waals surface area contributed by atoms with Crippen molar-refractivity contribution in [3.05, 3.63) is 52.0 Å². The molecule has 7 heteroatoms. The number of carbonyl (C=O) groups is 1. The van der Waals surface area contributed by atoms with E-state index in [4.69, 9.17) is 38.4 Å². The zero-order valence-electron chi connectivity index (χ0n) is 12.5. The molecule has 0 radical (unpaired) electrons. The maximum Gasteiger partial charge on any atom is 0.247 e. The fraction of sp³-hybridized carbons (Fsp3) is 0.235. The third kappa shape index (κ3) is 2.40. The maximum atomic E-state index is 12.4. The van der Waals surface area contributed by atoms with E-state index in [0.717, 1.165) is 5.56 Å². The molecule has 4 rings (SSSR count). The van der Waals surface area contributed by atoms with Gasteiger partial charge in [0.05, 0.1) is 6.04 Å². The molecule has 0 aliphatic carbocycles. The smallest absolute Gasteiger partial charge is 0.247 e. The molecular weight excluding hydrogens is 351 g/mol. The van der Waals surface area contributed by atoms with Gasteiger partial charge in [0.25, 0.3) is 0 Å². The summed E-state index contributed by atoms with van der Waals surface area (Å²) >= 11 is 12.2. The molecule has 2 atom stereocenters. The lowest BCUT2D eigenvalue weighted by molar-refractivity contribution is -0.126. The quantitative estimate of drug-likeness (QED) is 0.831. The van der Waals surface area contributed by atoms with Crippen molar-refractivity contribution < 1.29 is 14.3 Å². The van der Waals surface area contributed by atoms with E-state index >= 15 is 0 Å². The third-order valence-electron chi connectivity index (χ3n) is 4.23. The monoisotopic (exact) mass is 364 g/mol. The topological polar surface area (TPSA) is 64.8 Å². The van der Waals surface area contributed by atoms with E-state index in [-0.39, 0.29) is 11.9 Å². The first-order valence-corrected chi connectivity index (χ1v) is 8.25. The molecule has 2 N–H and O–H groups in total. The number of ether oxygens (including phenoxy) is 2. The van der Waals surface area contributed by atoms with Gasteiger partial charge in [0.2, 0.25) is 5.91 Å². The van der Waals surface area contributed by atoms with Crippen LogP contribution in [0.5, 0.6) is 11.5 Å². The Balaban J connectivity index is 1.72. The molecule has 2 heterocycles. The normalized spacial score (nSPS) is 22.3. The fourth-order valence-electron chi connectivity index (χ4n) is 3.05. The van der Waals surface area contributed by atoms with Crippen LogP contribution in [0.2, 0.25) is 10.0 Å². The van der Waals surface area contributed by atoms with E-state index in [1.54, 1.807) is 35.2 Å². The minimum absolute atomic E-state index is 0.164. The van der Waals surface area contributed by atoms with Crippen LogP contribution in [0.1, 0.15) is 11.6 Å². The highest BCUT2D eigenvalue weighted by molar-refractivity contribution is 6.35. The van der Waals surface area contributed by atoms with Crippen LogP contribution in [-0.4, -0.2) is 25.2 Å². The molecule has 5 nitrogen and oxygen atoms in total. The Hall–Kier alpha value is -1.95. The van der Waals surface area contributed by atoms with Crippen LogP contribution in [0.15, 0.2) is 36.4 Å². The van der Waals surface area contributed by atoms with Gasteiger partial charge in [-0.15, -0.1) is 0 Å². The Bertz CT molecular complexity index is 827. The number of halogens is 2. The number of hydrogen-bond donors (Lipinski definition) is 1. The van der Waals surface area contributed by atoms with Gasteiger partial charge in [0, 0.05) is 21.8 Å².